The van der Waals surface area contributed by atoms with Gasteiger partial charge >= 0.3 is 5.97 Å². The second-order valence-electron chi connectivity index (χ2n) is 5.71. The fourth-order valence-electron chi connectivity index (χ4n) is 2.24. The molecule has 0 radical (unpaired) electrons. The van der Waals surface area contributed by atoms with Crippen LogP contribution in [-0.4, -0.2) is 21.1 Å². The summed E-state index contributed by atoms with van der Waals surface area (Å²) in [4.78, 5) is 22.2. The summed E-state index contributed by atoms with van der Waals surface area (Å²) < 4.78 is 10.7. The summed E-state index contributed by atoms with van der Waals surface area (Å²) in [5.74, 6) is -0.288. The third-order valence-electron chi connectivity index (χ3n) is 3.69. The fourth-order valence-corrected chi connectivity index (χ4v) is 2.37. The first kappa shape index (κ1) is 19.2. The van der Waals surface area contributed by atoms with Crippen LogP contribution in [0.1, 0.15) is 24.5 Å². The molecule has 2 aromatic carbocycles. The standard InChI is InChI=1S/C19H14ClN3O5/c1-12(27-17(24)11-4-13-2-7-15(20)8-3-13)18-21-22-19(28-18)14-5-9-16(10-6-14)23(25)26/h2-12H,1H3/b11-4+. The number of ether oxygens (including phenoxy) is 1. The van der Waals surface area contributed by atoms with Crippen LogP contribution in [0.5, 0.6) is 0 Å². The highest BCUT2D eigenvalue weighted by Gasteiger charge is 2.18. The number of carbonyl (C=O) groups is 1. The molecule has 9 heteroatoms. The number of nitro benzene ring substituents is 1. The van der Waals surface area contributed by atoms with E-state index in [1.807, 2.05) is 0 Å². The van der Waals surface area contributed by atoms with Gasteiger partial charge in [0.1, 0.15) is 0 Å². The Morgan fingerprint density at radius 1 is 1.18 bits per heavy atom. The molecule has 0 amide bonds. The highest BCUT2D eigenvalue weighted by Crippen LogP contribution is 2.24. The Balaban J connectivity index is 1.63. The molecule has 0 aliphatic carbocycles. The van der Waals surface area contributed by atoms with Crippen LogP contribution in [0.2, 0.25) is 5.02 Å². The topological polar surface area (TPSA) is 108 Å². The third-order valence-corrected chi connectivity index (χ3v) is 3.94. The Hall–Kier alpha value is -3.52. The van der Waals surface area contributed by atoms with Gasteiger partial charge in [0.15, 0.2) is 6.10 Å². The summed E-state index contributed by atoms with van der Waals surface area (Å²) >= 11 is 5.81. The van der Waals surface area contributed by atoms with Crippen LogP contribution in [0.25, 0.3) is 17.5 Å². The molecule has 142 valence electrons. The summed E-state index contributed by atoms with van der Waals surface area (Å²) in [5.41, 5.74) is 1.27. The quantitative estimate of drug-likeness (QED) is 0.257. The number of nitro groups is 1. The zero-order valence-electron chi connectivity index (χ0n) is 14.6. The van der Waals surface area contributed by atoms with E-state index in [1.54, 1.807) is 37.3 Å². The normalized spacial score (nSPS) is 12.1. The molecule has 0 aliphatic rings. The average Bonchev–Trinajstić information content (AvgIpc) is 3.18. The largest absolute Gasteiger partial charge is 0.449 e. The molecule has 0 saturated heterocycles. The lowest BCUT2D eigenvalue weighted by Crippen LogP contribution is -2.06. The number of rotatable bonds is 6. The third kappa shape index (κ3) is 4.80. The number of hydrogen-bond acceptors (Lipinski definition) is 7. The zero-order valence-corrected chi connectivity index (χ0v) is 15.4. The van der Waals surface area contributed by atoms with Gasteiger partial charge in [-0.05, 0) is 42.8 Å². The van der Waals surface area contributed by atoms with Gasteiger partial charge in [-0.25, -0.2) is 4.79 Å². The number of non-ortho nitro benzene ring substituents is 1. The van der Waals surface area contributed by atoms with Gasteiger partial charge in [-0.2, -0.15) is 0 Å². The number of hydrogen-bond donors (Lipinski definition) is 0. The van der Waals surface area contributed by atoms with Crippen molar-refractivity contribution in [2.45, 2.75) is 13.0 Å². The predicted molar refractivity (Wildman–Crippen MR) is 101 cm³/mol. The molecule has 1 aromatic heterocycles. The highest BCUT2D eigenvalue weighted by molar-refractivity contribution is 6.30. The molecule has 0 aliphatic heterocycles. The summed E-state index contributed by atoms with van der Waals surface area (Å²) in [6.45, 7) is 1.60. The average molecular weight is 400 g/mol. The van der Waals surface area contributed by atoms with Crippen molar-refractivity contribution in [2.75, 3.05) is 0 Å². The first-order valence-corrected chi connectivity index (χ1v) is 8.52. The van der Waals surface area contributed by atoms with E-state index in [0.717, 1.165) is 5.56 Å². The van der Waals surface area contributed by atoms with Gasteiger partial charge in [0.2, 0.25) is 5.89 Å². The van der Waals surface area contributed by atoms with Crippen LogP contribution in [-0.2, 0) is 9.53 Å². The summed E-state index contributed by atoms with van der Waals surface area (Å²) in [5, 5.41) is 19.1. The molecule has 8 nitrogen and oxygen atoms in total. The first-order valence-electron chi connectivity index (χ1n) is 8.15. The van der Waals surface area contributed by atoms with E-state index in [4.69, 9.17) is 20.8 Å². The zero-order chi connectivity index (χ0) is 20.1. The van der Waals surface area contributed by atoms with Crippen molar-refractivity contribution in [3.63, 3.8) is 0 Å². The Morgan fingerprint density at radius 2 is 1.86 bits per heavy atom. The van der Waals surface area contributed by atoms with E-state index < -0.39 is 17.0 Å². The molecule has 1 unspecified atom stereocenters. The second kappa shape index (κ2) is 8.45. The van der Waals surface area contributed by atoms with E-state index in [0.29, 0.717) is 10.6 Å². The van der Waals surface area contributed by atoms with Crippen LogP contribution in [0.4, 0.5) is 5.69 Å². The minimum Gasteiger partial charge on any atom is -0.449 e. The fraction of sp³-hybridized carbons (Fsp3) is 0.105. The first-order chi connectivity index (χ1) is 13.4. The van der Waals surface area contributed by atoms with Crippen molar-refractivity contribution < 1.29 is 18.9 Å². The molecule has 1 heterocycles. The van der Waals surface area contributed by atoms with Crippen LogP contribution < -0.4 is 0 Å². The highest BCUT2D eigenvalue weighted by atomic mass is 35.5. The number of nitrogens with zero attached hydrogens (tertiary/aromatic N) is 3. The van der Waals surface area contributed by atoms with Crippen molar-refractivity contribution >= 4 is 29.3 Å². The predicted octanol–water partition coefficient (Wildman–Crippen LogP) is 4.62. The van der Waals surface area contributed by atoms with E-state index >= 15 is 0 Å². The van der Waals surface area contributed by atoms with Crippen LogP contribution >= 0.6 is 11.6 Å². The van der Waals surface area contributed by atoms with Gasteiger partial charge in [-0.3, -0.25) is 10.1 Å². The summed E-state index contributed by atoms with van der Waals surface area (Å²) in [7, 11) is 0. The maximum atomic E-state index is 12.0. The number of aromatic nitrogens is 2. The van der Waals surface area contributed by atoms with Gasteiger partial charge in [0.25, 0.3) is 11.6 Å². The van der Waals surface area contributed by atoms with Crippen molar-refractivity contribution in [3.05, 3.63) is 81.2 Å². The van der Waals surface area contributed by atoms with Gasteiger partial charge < -0.3 is 9.15 Å². The number of carbonyl (C=O) groups excluding carboxylic acids is 1. The van der Waals surface area contributed by atoms with Gasteiger partial charge in [-0.15, -0.1) is 10.2 Å². The van der Waals surface area contributed by atoms with Crippen molar-refractivity contribution in [3.8, 4) is 11.5 Å². The molecular formula is C19H14ClN3O5. The van der Waals surface area contributed by atoms with E-state index in [2.05, 4.69) is 10.2 Å². The molecule has 0 bridgehead atoms. The molecule has 0 N–H and O–H groups in total. The minimum atomic E-state index is -0.762. The number of esters is 1. The molecule has 0 saturated carbocycles. The van der Waals surface area contributed by atoms with Gasteiger partial charge in [0, 0.05) is 28.8 Å². The molecule has 0 spiro atoms. The minimum absolute atomic E-state index is 0.0433. The Morgan fingerprint density at radius 3 is 2.50 bits per heavy atom. The lowest BCUT2D eigenvalue weighted by atomic mass is 10.2. The van der Waals surface area contributed by atoms with Crippen LogP contribution in [0.3, 0.4) is 0 Å². The second-order valence-corrected chi connectivity index (χ2v) is 6.15. The van der Waals surface area contributed by atoms with Gasteiger partial charge in [0.05, 0.1) is 4.92 Å². The SMILES string of the molecule is CC(OC(=O)/C=C/c1ccc(Cl)cc1)c1nnc(-c2ccc([N+](=O)[O-])cc2)o1. The monoisotopic (exact) mass is 399 g/mol. The molecule has 3 aromatic rings. The van der Waals surface area contributed by atoms with E-state index in [9.17, 15) is 14.9 Å². The molecule has 0 fully saturated rings. The van der Waals surface area contributed by atoms with Crippen molar-refractivity contribution in [1.29, 1.82) is 0 Å². The lowest BCUT2D eigenvalue weighted by Gasteiger charge is -2.06. The van der Waals surface area contributed by atoms with Crippen molar-refractivity contribution in [1.82, 2.24) is 10.2 Å². The Kier molecular flexibility index (Phi) is 5.81. The molecular weight excluding hydrogens is 386 g/mol. The summed E-state index contributed by atoms with van der Waals surface area (Å²) in [6, 6.07) is 12.6. The molecule has 1 atom stereocenters. The van der Waals surface area contributed by atoms with E-state index in [-0.39, 0.29) is 17.5 Å². The van der Waals surface area contributed by atoms with Crippen molar-refractivity contribution in [2.24, 2.45) is 0 Å². The van der Waals surface area contributed by atoms with E-state index in [1.165, 1.54) is 30.3 Å². The van der Waals surface area contributed by atoms with Crippen LogP contribution in [0.15, 0.2) is 59.0 Å². The number of halogens is 1. The number of benzene rings is 2. The lowest BCUT2D eigenvalue weighted by molar-refractivity contribution is -0.384. The summed E-state index contributed by atoms with van der Waals surface area (Å²) in [6.07, 6.45) is 2.12. The Labute approximate surface area is 164 Å². The molecule has 3 rings (SSSR count). The molecule has 28 heavy (non-hydrogen) atoms. The maximum Gasteiger partial charge on any atom is 0.331 e. The Bertz CT molecular complexity index is 1010. The van der Waals surface area contributed by atoms with Crippen LogP contribution in [0, 0.1) is 10.1 Å². The van der Waals surface area contributed by atoms with Gasteiger partial charge in [-0.1, -0.05) is 23.7 Å². The maximum absolute atomic E-state index is 12.0. The smallest absolute Gasteiger partial charge is 0.331 e.